The third-order valence-electron chi connectivity index (χ3n) is 5.24. The Bertz CT molecular complexity index is 702. The fraction of sp³-hybridized carbons (Fsp3) is 0.364. The van der Waals surface area contributed by atoms with Gasteiger partial charge in [-0.3, -0.25) is 9.59 Å². The zero-order valence-corrected chi connectivity index (χ0v) is 18.4. The average Bonchev–Trinajstić information content (AvgIpc) is 2.69. The second-order valence-corrected chi connectivity index (χ2v) is 12.0. The van der Waals surface area contributed by atoms with E-state index in [1.54, 1.807) is 0 Å². The van der Waals surface area contributed by atoms with Gasteiger partial charge in [0.25, 0.3) is 10.5 Å². The molecule has 0 fully saturated rings. The Morgan fingerprint density at radius 3 is 1.30 bits per heavy atom. The molecule has 0 radical (unpaired) electrons. The summed E-state index contributed by atoms with van der Waals surface area (Å²) in [5.41, 5.74) is 1.05. The van der Waals surface area contributed by atoms with Gasteiger partial charge in [-0.25, -0.2) is 0 Å². The van der Waals surface area contributed by atoms with E-state index in [1.165, 1.54) is 10.4 Å². The number of carbonyl (C=O) groups excluding carboxylic acids is 2. The fourth-order valence-corrected chi connectivity index (χ4v) is 9.18. The fourth-order valence-electron chi connectivity index (χ4n) is 3.67. The molecule has 0 aliphatic heterocycles. The molecule has 0 saturated heterocycles. The first-order valence-corrected chi connectivity index (χ1v) is 12.7. The Kier molecular flexibility index (Phi) is 8.27. The molecule has 144 valence electrons. The summed E-state index contributed by atoms with van der Waals surface area (Å²) in [5, 5.41) is 1.77. The third kappa shape index (κ3) is 5.31. The number of halogens is 2. The van der Waals surface area contributed by atoms with E-state index in [0.29, 0.717) is 11.1 Å². The predicted octanol–water partition coefficient (Wildman–Crippen LogP) is 5.61. The number of hydrogen-bond donors (Lipinski definition) is 0. The van der Waals surface area contributed by atoms with Gasteiger partial charge in [-0.2, -0.15) is 0 Å². The quantitative estimate of drug-likeness (QED) is 0.369. The summed E-state index contributed by atoms with van der Waals surface area (Å²) < 4.78 is 0. The van der Waals surface area contributed by atoms with E-state index in [4.69, 9.17) is 23.2 Å². The van der Waals surface area contributed by atoms with Gasteiger partial charge in [0.2, 0.25) is 0 Å². The highest BCUT2D eigenvalue weighted by Crippen LogP contribution is 2.23. The van der Waals surface area contributed by atoms with Crippen molar-refractivity contribution in [1.82, 2.24) is 0 Å². The first-order chi connectivity index (χ1) is 12.9. The molecule has 2 nitrogen and oxygen atoms in total. The van der Waals surface area contributed by atoms with Crippen molar-refractivity contribution in [3.05, 3.63) is 59.7 Å². The Morgan fingerprint density at radius 2 is 1.04 bits per heavy atom. The maximum Gasteiger partial charge on any atom is 0.252 e. The summed E-state index contributed by atoms with van der Waals surface area (Å²) in [6.45, 7) is 4.42. The van der Waals surface area contributed by atoms with E-state index >= 15 is 0 Å². The smallest absolute Gasteiger partial charge is 0.252 e. The van der Waals surface area contributed by atoms with Crippen molar-refractivity contribution in [2.45, 2.75) is 51.6 Å². The van der Waals surface area contributed by atoms with Crippen molar-refractivity contribution in [3.63, 3.8) is 0 Å². The van der Waals surface area contributed by atoms with Gasteiger partial charge in [0.05, 0.1) is 0 Å². The monoisotopic (exact) mass is 420 g/mol. The predicted molar refractivity (Wildman–Crippen MR) is 118 cm³/mol. The van der Waals surface area contributed by atoms with E-state index in [1.807, 2.05) is 24.3 Å². The van der Waals surface area contributed by atoms with Crippen LogP contribution < -0.4 is 10.4 Å². The number of unbranched alkanes of at least 4 members (excludes halogenated alkanes) is 2. The van der Waals surface area contributed by atoms with Crippen LogP contribution in [-0.4, -0.2) is 18.6 Å². The molecule has 0 aliphatic rings. The molecule has 0 aromatic heterocycles. The largest absolute Gasteiger partial charge is 0.276 e. The van der Waals surface area contributed by atoms with Crippen molar-refractivity contribution in [1.29, 1.82) is 0 Å². The maximum atomic E-state index is 11.5. The SMILES string of the molecule is CCCC[Si](CCCC)(c1ccc(C(=O)Cl)cc1)c1ccc(C(=O)Cl)cc1. The van der Waals surface area contributed by atoms with Crippen molar-refractivity contribution in [2.24, 2.45) is 0 Å². The normalized spacial score (nSPS) is 11.4. The van der Waals surface area contributed by atoms with Crippen molar-refractivity contribution in [2.75, 3.05) is 0 Å². The Morgan fingerprint density at radius 1 is 0.704 bits per heavy atom. The van der Waals surface area contributed by atoms with Gasteiger partial charge in [0, 0.05) is 11.1 Å². The molecule has 0 saturated carbocycles. The van der Waals surface area contributed by atoms with Crippen molar-refractivity contribution >= 4 is 52.1 Å². The van der Waals surface area contributed by atoms with Crippen LogP contribution in [0.3, 0.4) is 0 Å². The molecule has 27 heavy (non-hydrogen) atoms. The topological polar surface area (TPSA) is 34.1 Å². The maximum absolute atomic E-state index is 11.5. The summed E-state index contributed by atoms with van der Waals surface area (Å²) in [4.78, 5) is 22.9. The minimum atomic E-state index is -2.01. The van der Waals surface area contributed by atoms with Crippen LogP contribution in [0.4, 0.5) is 0 Å². The van der Waals surface area contributed by atoms with E-state index in [9.17, 15) is 9.59 Å². The summed E-state index contributed by atoms with van der Waals surface area (Å²) in [6.07, 6.45) is 4.58. The molecule has 0 unspecified atom stereocenters. The minimum Gasteiger partial charge on any atom is -0.276 e. The second kappa shape index (κ2) is 10.2. The molecule has 0 N–H and O–H groups in total. The lowest BCUT2D eigenvalue weighted by molar-refractivity contribution is 0.107. The van der Waals surface area contributed by atoms with Gasteiger partial charge in [-0.05, 0) is 35.3 Å². The van der Waals surface area contributed by atoms with Gasteiger partial charge in [-0.1, -0.05) is 98.4 Å². The molecule has 0 amide bonds. The van der Waals surface area contributed by atoms with Gasteiger partial charge >= 0.3 is 0 Å². The number of rotatable bonds is 10. The zero-order valence-electron chi connectivity index (χ0n) is 15.9. The van der Waals surface area contributed by atoms with Crippen LogP contribution >= 0.6 is 23.2 Å². The van der Waals surface area contributed by atoms with Crippen LogP contribution in [0.1, 0.15) is 60.2 Å². The summed E-state index contributed by atoms with van der Waals surface area (Å²) in [7, 11) is -2.01. The molecule has 2 aromatic carbocycles. The Labute approximate surface area is 172 Å². The zero-order chi connectivity index (χ0) is 19.9. The lowest BCUT2D eigenvalue weighted by Crippen LogP contribution is -2.58. The van der Waals surface area contributed by atoms with Gasteiger partial charge in [-0.15, -0.1) is 0 Å². The van der Waals surface area contributed by atoms with E-state index < -0.39 is 18.6 Å². The van der Waals surface area contributed by atoms with Crippen LogP contribution in [0.5, 0.6) is 0 Å². The molecule has 2 aromatic rings. The van der Waals surface area contributed by atoms with Crippen LogP contribution in [0, 0.1) is 0 Å². The van der Waals surface area contributed by atoms with E-state index in [0.717, 1.165) is 37.8 Å². The van der Waals surface area contributed by atoms with Crippen LogP contribution in [0.15, 0.2) is 48.5 Å². The summed E-state index contributed by atoms with van der Waals surface area (Å²) in [6, 6.07) is 17.9. The number of benzene rings is 2. The number of carbonyl (C=O) groups is 2. The Hall–Kier alpha value is -1.42. The molecule has 0 bridgehead atoms. The molecule has 0 aliphatic carbocycles. The van der Waals surface area contributed by atoms with Gasteiger partial charge in [0.15, 0.2) is 0 Å². The van der Waals surface area contributed by atoms with E-state index in [2.05, 4.69) is 38.1 Å². The minimum absolute atomic E-state index is 0.430. The number of hydrogen-bond acceptors (Lipinski definition) is 2. The standard InChI is InChI=1S/C22H26Cl2O2Si/c1-3-5-15-27(16-6-4-2,19-11-7-17(8-12-19)21(23)25)20-13-9-18(10-14-20)22(24)26/h7-14H,3-6,15-16H2,1-2H3. The average molecular weight is 421 g/mol. The van der Waals surface area contributed by atoms with Crippen molar-refractivity contribution < 1.29 is 9.59 Å². The second-order valence-electron chi connectivity index (χ2n) is 6.99. The molecule has 0 atom stereocenters. The highest BCUT2D eigenvalue weighted by Gasteiger charge is 2.36. The summed E-state index contributed by atoms with van der Waals surface area (Å²) >= 11 is 11.3. The van der Waals surface area contributed by atoms with Gasteiger partial charge in [0.1, 0.15) is 8.07 Å². The first-order valence-electron chi connectivity index (χ1n) is 9.55. The summed E-state index contributed by atoms with van der Waals surface area (Å²) in [5.74, 6) is 0. The molecule has 0 spiro atoms. The van der Waals surface area contributed by atoms with E-state index in [-0.39, 0.29) is 0 Å². The van der Waals surface area contributed by atoms with Crippen LogP contribution in [0.25, 0.3) is 0 Å². The van der Waals surface area contributed by atoms with Crippen LogP contribution in [0.2, 0.25) is 12.1 Å². The lowest BCUT2D eigenvalue weighted by Gasteiger charge is -2.33. The molecule has 5 heteroatoms. The lowest BCUT2D eigenvalue weighted by atomic mass is 10.2. The highest BCUT2D eigenvalue weighted by molar-refractivity contribution is 7.02. The molecular weight excluding hydrogens is 395 g/mol. The third-order valence-corrected chi connectivity index (χ3v) is 11.0. The van der Waals surface area contributed by atoms with Crippen LogP contribution in [-0.2, 0) is 0 Å². The van der Waals surface area contributed by atoms with Crippen molar-refractivity contribution in [3.8, 4) is 0 Å². The molecule has 0 heterocycles. The first kappa shape index (κ1) is 21.9. The van der Waals surface area contributed by atoms with Gasteiger partial charge < -0.3 is 0 Å². The molecular formula is C22H26Cl2O2Si. The highest BCUT2D eigenvalue weighted by atomic mass is 35.5. The molecule has 2 rings (SSSR count). The Balaban J connectivity index is 2.56.